The molecule has 1 aliphatic rings. The number of nitrogens with two attached hydrogens (primary N) is 1. The Labute approximate surface area is 91.3 Å². The van der Waals surface area contributed by atoms with Crippen LogP contribution in [0.5, 0.6) is 0 Å². The molecule has 1 aromatic rings. The number of likely N-dealkylation sites (tertiary alicyclic amines) is 1. The summed E-state index contributed by atoms with van der Waals surface area (Å²) in [5.41, 5.74) is 7.02. The normalized spacial score (nSPS) is 22.9. The first-order chi connectivity index (χ1) is 7.38. The fourth-order valence-corrected chi connectivity index (χ4v) is 2.24. The van der Waals surface area contributed by atoms with Gasteiger partial charge in [0.05, 0.1) is 0 Å². The van der Waals surface area contributed by atoms with E-state index in [4.69, 9.17) is 5.73 Å². The van der Waals surface area contributed by atoms with Crippen LogP contribution in [0.1, 0.15) is 18.4 Å². The highest BCUT2D eigenvalue weighted by molar-refractivity contribution is 5.08. The van der Waals surface area contributed by atoms with E-state index in [1.165, 1.54) is 24.9 Å². The van der Waals surface area contributed by atoms with Gasteiger partial charge in [-0.2, -0.15) is 0 Å². The summed E-state index contributed by atoms with van der Waals surface area (Å²) in [5, 5.41) is 0. The predicted octanol–water partition coefficient (Wildman–Crippen LogP) is 1.25. The van der Waals surface area contributed by atoms with Crippen LogP contribution in [0.3, 0.4) is 0 Å². The molecule has 15 heavy (non-hydrogen) atoms. The Kier molecular flexibility index (Phi) is 3.69. The topological polar surface area (TPSA) is 42.1 Å². The van der Waals surface area contributed by atoms with Gasteiger partial charge in [-0.1, -0.05) is 6.07 Å². The van der Waals surface area contributed by atoms with Crippen LogP contribution in [0.25, 0.3) is 0 Å². The molecule has 0 aromatic carbocycles. The fraction of sp³-hybridized carbons (Fsp3) is 0.583. The monoisotopic (exact) mass is 205 g/mol. The van der Waals surface area contributed by atoms with Crippen molar-refractivity contribution in [3.05, 3.63) is 30.1 Å². The van der Waals surface area contributed by atoms with Gasteiger partial charge in [-0.05, 0) is 43.5 Å². The maximum atomic E-state index is 5.72. The van der Waals surface area contributed by atoms with E-state index >= 15 is 0 Å². The standard InChI is InChI=1S/C12H19N3/c13-7-11-4-2-6-15(9-11)10-12-3-1-5-14-8-12/h1,3,5,8,11H,2,4,6-7,9-10,13H2/t11-/m1/s1. The van der Waals surface area contributed by atoms with Gasteiger partial charge in [-0.3, -0.25) is 9.88 Å². The van der Waals surface area contributed by atoms with Gasteiger partial charge in [0.25, 0.3) is 0 Å². The number of hydrogen-bond acceptors (Lipinski definition) is 3. The van der Waals surface area contributed by atoms with E-state index in [1.54, 1.807) is 0 Å². The highest BCUT2D eigenvalue weighted by atomic mass is 15.1. The fourth-order valence-electron chi connectivity index (χ4n) is 2.24. The quantitative estimate of drug-likeness (QED) is 0.807. The third kappa shape index (κ3) is 3.01. The lowest BCUT2D eigenvalue weighted by molar-refractivity contribution is 0.171. The van der Waals surface area contributed by atoms with Crippen molar-refractivity contribution in [3.8, 4) is 0 Å². The van der Waals surface area contributed by atoms with E-state index in [-0.39, 0.29) is 0 Å². The zero-order chi connectivity index (χ0) is 10.5. The molecule has 2 rings (SSSR count). The molecular weight excluding hydrogens is 186 g/mol. The lowest BCUT2D eigenvalue weighted by atomic mass is 9.98. The van der Waals surface area contributed by atoms with Crippen LogP contribution in [0.2, 0.25) is 0 Å². The maximum absolute atomic E-state index is 5.72. The Balaban J connectivity index is 1.89. The molecule has 3 nitrogen and oxygen atoms in total. The Bertz CT molecular complexity index is 286. The summed E-state index contributed by atoms with van der Waals surface area (Å²) in [6.45, 7) is 4.19. The summed E-state index contributed by atoms with van der Waals surface area (Å²) < 4.78 is 0. The third-order valence-electron chi connectivity index (χ3n) is 3.07. The molecule has 1 aliphatic heterocycles. The second-order valence-corrected chi connectivity index (χ2v) is 4.34. The van der Waals surface area contributed by atoms with Gasteiger partial charge >= 0.3 is 0 Å². The number of pyridine rings is 1. The van der Waals surface area contributed by atoms with Crippen LogP contribution >= 0.6 is 0 Å². The molecule has 2 N–H and O–H groups in total. The molecule has 0 spiro atoms. The lowest BCUT2D eigenvalue weighted by Gasteiger charge is -2.31. The van der Waals surface area contributed by atoms with Crippen molar-refractivity contribution >= 4 is 0 Å². The van der Waals surface area contributed by atoms with Gasteiger partial charge in [0.15, 0.2) is 0 Å². The summed E-state index contributed by atoms with van der Waals surface area (Å²) in [6, 6.07) is 4.14. The smallest absolute Gasteiger partial charge is 0.0312 e. The first-order valence-corrected chi connectivity index (χ1v) is 5.70. The van der Waals surface area contributed by atoms with Crippen molar-refractivity contribution in [1.82, 2.24) is 9.88 Å². The zero-order valence-corrected chi connectivity index (χ0v) is 9.10. The van der Waals surface area contributed by atoms with Crippen LogP contribution in [-0.4, -0.2) is 29.5 Å². The summed E-state index contributed by atoms with van der Waals surface area (Å²) in [5.74, 6) is 0.690. The van der Waals surface area contributed by atoms with E-state index in [0.717, 1.165) is 19.6 Å². The average Bonchev–Trinajstić information content (AvgIpc) is 2.31. The van der Waals surface area contributed by atoms with Crippen molar-refractivity contribution in [1.29, 1.82) is 0 Å². The summed E-state index contributed by atoms with van der Waals surface area (Å²) in [7, 11) is 0. The minimum absolute atomic E-state index is 0.690. The molecule has 3 heteroatoms. The zero-order valence-electron chi connectivity index (χ0n) is 9.10. The number of nitrogens with zero attached hydrogens (tertiary/aromatic N) is 2. The predicted molar refractivity (Wildman–Crippen MR) is 61.3 cm³/mol. The Hall–Kier alpha value is -0.930. The molecule has 0 unspecified atom stereocenters. The van der Waals surface area contributed by atoms with Crippen LogP contribution in [0.4, 0.5) is 0 Å². The average molecular weight is 205 g/mol. The molecule has 0 amide bonds. The maximum Gasteiger partial charge on any atom is 0.0312 e. The second kappa shape index (κ2) is 5.24. The minimum Gasteiger partial charge on any atom is -0.330 e. The summed E-state index contributed by atoms with van der Waals surface area (Å²) >= 11 is 0. The van der Waals surface area contributed by atoms with Gasteiger partial charge in [-0.25, -0.2) is 0 Å². The van der Waals surface area contributed by atoms with E-state index in [1.807, 2.05) is 18.5 Å². The molecular formula is C12H19N3. The summed E-state index contributed by atoms with van der Waals surface area (Å²) in [4.78, 5) is 6.62. The van der Waals surface area contributed by atoms with Crippen molar-refractivity contribution in [3.63, 3.8) is 0 Å². The number of rotatable bonds is 3. The number of piperidine rings is 1. The molecule has 1 aromatic heterocycles. The number of aromatic nitrogens is 1. The second-order valence-electron chi connectivity index (χ2n) is 4.34. The van der Waals surface area contributed by atoms with E-state index < -0.39 is 0 Å². The highest BCUT2D eigenvalue weighted by Gasteiger charge is 2.18. The van der Waals surface area contributed by atoms with Crippen molar-refractivity contribution < 1.29 is 0 Å². The Morgan fingerprint density at radius 3 is 3.20 bits per heavy atom. The number of hydrogen-bond donors (Lipinski definition) is 1. The molecule has 2 heterocycles. The van der Waals surface area contributed by atoms with Crippen LogP contribution < -0.4 is 5.73 Å². The molecule has 0 bridgehead atoms. The lowest BCUT2D eigenvalue weighted by Crippen LogP contribution is -2.37. The van der Waals surface area contributed by atoms with Crippen LogP contribution in [0, 0.1) is 5.92 Å². The SMILES string of the molecule is NC[C@H]1CCCN(Cc2cccnc2)C1. The third-order valence-corrected chi connectivity index (χ3v) is 3.07. The van der Waals surface area contributed by atoms with Crippen molar-refractivity contribution in [2.24, 2.45) is 11.7 Å². The molecule has 0 saturated carbocycles. The van der Waals surface area contributed by atoms with Gasteiger partial charge in [0.2, 0.25) is 0 Å². The molecule has 1 fully saturated rings. The van der Waals surface area contributed by atoms with E-state index in [0.29, 0.717) is 5.92 Å². The van der Waals surface area contributed by atoms with Gasteiger partial charge in [0, 0.05) is 25.5 Å². The molecule has 82 valence electrons. The van der Waals surface area contributed by atoms with Crippen LogP contribution in [-0.2, 0) is 6.54 Å². The van der Waals surface area contributed by atoms with Crippen LogP contribution in [0.15, 0.2) is 24.5 Å². The first-order valence-electron chi connectivity index (χ1n) is 5.70. The van der Waals surface area contributed by atoms with E-state index in [9.17, 15) is 0 Å². The van der Waals surface area contributed by atoms with Gasteiger partial charge < -0.3 is 5.73 Å². The minimum atomic E-state index is 0.690. The first kappa shape index (κ1) is 10.6. The largest absolute Gasteiger partial charge is 0.330 e. The molecule has 0 aliphatic carbocycles. The Morgan fingerprint density at radius 1 is 1.53 bits per heavy atom. The van der Waals surface area contributed by atoms with E-state index in [2.05, 4.69) is 16.0 Å². The highest BCUT2D eigenvalue weighted by Crippen LogP contribution is 2.17. The summed E-state index contributed by atoms with van der Waals surface area (Å²) in [6.07, 6.45) is 6.34. The molecule has 1 saturated heterocycles. The van der Waals surface area contributed by atoms with Crippen molar-refractivity contribution in [2.45, 2.75) is 19.4 Å². The van der Waals surface area contributed by atoms with Gasteiger partial charge in [-0.15, -0.1) is 0 Å². The molecule has 0 radical (unpaired) electrons. The Morgan fingerprint density at radius 2 is 2.47 bits per heavy atom. The van der Waals surface area contributed by atoms with Crippen molar-refractivity contribution in [2.75, 3.05) is 19.6 Å². The van der Waals surface area contributed by atoms with Gasteiger partial charge in [0.1, 0.15) is 0 Å². The molecule has 1 atom stereocenters.